The molecule has 1 fully saturated rings. The van der Waals surface area contributed by atoms with Gasteiger partial charge in [0.25, 0.3) is 5.91 Å². The van der Waals surface area contributed by atoms with E-state index in [1.165, 1.54) is 0 Å². The first-order chi connectivity index (χ1) is 9.41. The van der Waals surface area contributed by atoms with Crippen molar-refractivity contribution < 1.29 is 13.2 Å². The van der Waals surface area contributed by atoms with Gasteiger partial charge in [0, 0.05) is 30.9 Å². The lowest BCUT2D eigenvalue weighted by Crippen LogP contribution is -2.43. The molecule has 1 N–H and O–H groups in total. The summed E-state index contributed by atoms with van der Waals surface area (Å²) in [5, 5.41) is 3.08. The summed E-state index contributed by atoms with van der Waals surface area (Å²) in [7, 11) is -2.97. The second-order valence-corrected chi connectivity index (χ2v) is 7.16. The summed E-state index contributed by atoms with van der Waals surface area (Å²) in [5.74, 6) is 0.621. The van der Waals surface area contributed by atoms with Crippen molar-refractivity contribution in [1.29, 1.82) is 0 Å². The topological polar surface area (TPSA) is 79.4 Å². The number of hydrogen-bond donors (Lipinski definition) is 1. The molecule has 0 aromatic carbocycles. The average Bonchev–Trinajstić information content (AvgIpc) is 2.37. The molecule has 0 atom stereocenters. The van der Waals surface area contributed by atoms with Gasteiger partial charge in [-0.25, -0.2) is 13.4 Å². The Morgan fingerprint density at radius 1 is 1.35 bits per heavy atom. The molecule has 1 amide bonds. The molecule has 110 valence electrons. The molecule has 2 rings (SSSR count). The lowest BCUT2D eigenvalue weighted by molar-refractivity contribution is 0.0770. The zero-order chi connectivity index (χ0) is 14.8. The van der Waals surface area contributed by atoms with Crippen molar-refractivity contribution in [3.8, 4) is 0 Å². The van der Waals surface area contributed by atoms with Crippen molar-refractivity contribution in [2.75, 3.05) is 36.5 Å². The van der Waals surface area contributed by atoms with Crippen molar-refractivity contribution in [3.63, 3.8) is 0 Å². The zero-order valence-corrected chi connectivity index (χ0v) is 12.5. The number of carbonyl (C=O) groups excluding carboxylic acids is 1. The predicted molar refractivity (Wildman–Crippen MR) is 77.7 cm³/mol. The normalized spacial score (nSPS) is 17.8. The quantitative estimate of drug-likeness (QED) is 0.888. The smallest absolute Gasteiger partial charge is 0.254 e. The van der Waals surface area contributed by atoms with Gasteiger partial charge in [-0.3, -0.25) is 4.79 Å². The SMILES string of the molecule is CCNc1cc(C(=O)N2CCS(=O)(=O)CC2)cc(C)n1. The number of aryl methyl sites for hydroxylation is 1. The van der Waals surface area contributed by atoms with Crippen molar-refractivity contribution in [1.82, 2.24) is 9.88 Å². The van der Waals surface area contributed by atoms with Crippen LogP contribution in [0, 0.1) is 6.92 Å². The first kappa shape index (κ1) is 14.8. The minimum absolute atomic E-state index is 0.0445. The van der Waals surface area contributed by atoms with Crippen LogP contribution in [0.4, 0.5) is 5.82 Å². The minimum Gasteiger partial charge on any atom is -0.370 e. The molecule has 0 radical (unpaired) electrons. The summed E-state index contributed by atoms with van der Waals surface area (Å²) in [4.78, 5) is 18.3. The van der Waals surface area contributed by atoms with Crippen LogP contribution < -0.4 is 5.32 Å². The van der Waals surface area contributed by atoms with Gasteiger partial charge in [0.05, 0.1) is 11.5 Å². The van der Waals surface area contributed by atoms with E-state index in [9.17, 15) is 13.2 Å². The number of carbonyl (C=O) groups is 1. The van der Waals surface area contributed by atoms with Crippen LogP contribution in [0.2, 0.25) is 0 Å². The summed E-state index contributed by atoms with van der Waals surface area (Å²) in [5.41, 5.74) is 1.31. The van der Waals surface area contributed by atoms with E-state index in [-0.39, 0.29) is 30.5 Å². The fraction of sp³-hybridized carbons (Fsp3) is 0.538. The van der Waals surface area contributed by atoms with Gasteiger partial charge in [-0.1, -0.05) is 0 Å². The molecule has 7 heteroatoms. The molecule has 1 saturated heterocycles. The molecule has 0 bridgehead atoms. The maximum absolute atomic E-state index is 12.4. The molecule has 0 saturated carbocycles. The number of nitrogens with zero attached hydrogens (tertiary/aromatic N) is 2. The fourth-order valence-corrected chi connectivity index (χ4v) is 3.36. The summed E-state index contributed by atoms with van der Waals surface area (Å²) < 4.78 is 22.8. The highest BCUT2D eigenvalue weighted by atomic mass is 32.2. The van der Waals surface area contributed by atoms with Gasteiger partial charge in [0.2, 0.25) is 0 Å². The summed E-state index contributed by atoms with van der Waals surface area (Å²) in [6, 6.07) is 3.44. The molecule has 0 spiro atoms. The largest absolute Gasteiger partial charge is 0.370 e. The van der Waals surface area contributed by atoms with Gasteiger partial charge < -0.3 is 10.2 Å². The Bertz CT molecular complexity index is 599. The van der Waals surface area contributed by atoms with E-state index in [1.54, 1.807) is 17.0 Å². The Labute approximate surface area is 119 Å². The van der Waals surface area contributed by atoms with Crippen molar-refractivity contribution >= 4 is 21.6 Å². The summed E-state index contributed by atoms with van der Waals surface area (Å²) in [6.45, 7) is 5.05. The molecular formula is C13H19N3O3S. The molecule has 0 unspecified atom stereocenters. The third-order valence-electron chi connectivity index (χ3n) is 3.19. The number of pyridine rings is 1. The van der Waals surface area contributed by atoms with Crippen LogP contribution in [0.15, 0.2) is 12.1 Å². The van der Waals surface area contributed by atoms with E-state index in [1.807, 2.05) is 13.8 Å². The molecule has 1 aliphatic heterocycles. The van der Waals surface area contributed by atoms with Crippen molar-refractivity contribution in [3.05, 3.63) is 23.4 Å². The number of rotatable bonds is 3. The molecule has 1 aromatic heterocycles. The second kappa shape index (κ2) is 5.78. The second-order valence-electron chi connectivity index (χ2n) is 4.86. The van der Waals surface area contributed by atoms with E-state index in [4.69, 9.17) is 0 Å². The van der Waals surface area contributed by atoms with E-state index < -0.39 is 9.84 Å². The number of nitrogens with one attached hydrogen (secondary N) is 1. The molecule has 20 heavy (non-hydrogen) atoms. The maximum Gasteiger partial charge on any atom is 0.254 e. The van der Waals surface area contributed by atoms with Crippen LogP contribution in [0.25, 0.3) is 0 Å². The van der Waals surface area contributed by atoms with Gasteiger partial charge in [0.1, 0.15) is 5.82 Å². The molecule has 6 nitrogen and oxygen atoms in total. The molecule has 2 heterocycles. The molecule has 0 aliphatic carbocycles. The first-order valence-corrected chi connectivity index (χ1v) is 8.45. The van der Waals surface area contributed by atoms with Crippen LogP contribution >= 0.6 is 0 Å². The fourth-order valence-electron chi connectivity index (χ4n) is 2.16. The van der Waals surface area contributed by atoms with Gasteiger partial charge in [-0.15, -0.1) is 0 Å². The Balaban J connectivity index is 2.17. The summed E-state index contributed by atoms with van der Waals surface area (Å²) in [6.07, 6.45) is 0. The minimum atomic E-state index is -2.97. The van der Waals surface area contributed by atoms with Crippen LogP contribution in [-0.2, 0) is 9.84 Å². The van der Waals surface area contributed by atoms with E-state index >= 15 is 0 Å². The van der Waals surface area contributed by atoms with E-state index in [0.29, 0.717) is 11.4 Å². The van der Waals surface area contributed by atoms with Gasteiger partial charge >= 0.3 is 0 Å². The Morgan fingerprint density at radius 2 is 2.00 bits per heavy atom. The number of anilines is 1. The highest BCUT2D eigenvalue weighted by molar-refractivity contribution is 7.91. The van der Waals surface area contributed by atoms with Crippen LogP contribution in [-0.4, -0.2) is 55.3 Å². The van der Waals surface area contributed by atoms with Crippen LogP contribution in [0.3, 0.4) is 0 Å². The number of sulfone groups is 1. The lowest BCUT2D eigenvalue weighted by Gasteiger charge is -2.27. The third kappa shape index (κ3) is 3.47. The predicted octanol–water partition coefficient (Wildman–Crippen LogP) is 0.692. The van der Waals surface area contributed by atoms with Crippen molar-refractivity contribution in [2.45, 2.75) is 13.8 Å². The maximum atomic E-state index is 12.4. The Kier molecular flexibility index (Phi) is 4.27. The number of amides is 1. The Morgan fingerprint density at radius 3 is 2.60 bits per heavy atom. The highest BCUT2D eigenvalue weighted by Crippen LogP contribution is 2.14. The summed E-state index contributed by atoms with van der Waals surface area (Å²) >= 11 is 0. The van der Waals surface area contributed by atoms with Crippen LogP contribution in [0.5, 0.6) is 0 Å². The van der Waals surface area contributed by atoms with Crippen molar-refractivity contribution in [2.24, 2.45) is 0 Å². The van der Waals surface area contributed by atoms with E-state index in [0.717, 1.165) is 12.2 Å². The average molecular weight is 297 g/mol. The van der Waals surface area contributed by atoms with Gasteiger partial charge in [-0.05, 0) is 26.0 Å². The van der Waals surface area contributed by atoms with Gasteiger partial charge in [0.15, 0.2) is 9.84 Å². The lowest BCUT2D eigenvalue weighted by atomic mass is 10.2. The zero-order valence-electron chi connectivity index (χ0n) is 11.7. The standard InChI is InChI=1S/C13H19N3O3S/c1-3-14-12-9-11(8-10(2)15-12)13(17)16-4-6-20(18,19)7-5-16/h8-9H,3-7H2,1-2H3,(H,14,15). The monoisotopic (exact) mass is 297 g/mol. The van der Waals surface area contributed by atoms with E-state index in [2.05, 4.69) is 10.3 Å². The number of aromatic nitrogens is 1. The number of hydrogen-bond acceptors (Lipinski definition) is 5. The third-order valence-corrected chi connectivity index (χ3v) is 4.80. The first-order valence-electron chi connectivity index (χ1n) is 6.63. The van der Waals surface area contributed by atoms with Crippen LogP contribution in [0.1, 0.15) is 23.0 Å². The molecule has 1 aliphatic rings. The highest BCUT2D eigenvalue weighted by Gasteiger charge is 2.26. The molecular weight excluding hydrogens is 278 g/mol. The van der Waals surface area contributed by atoms with Gasteiger partial charge in [-0.2, -0.15) is 0 Å². The Hall–Kier alpha value is -1.63. The molecule has 1 aromatic rings.